The molecule has 0 aliphatic carbocycles. The average Bonchev–Trinajstić information content (AvgIpc) is 2.54. The Morgan fingerprint density at radius 1 is 1.14 bits per heavy atom. The van der Waals surface area contributed by atoms with Gasteiger partial charge in [0.2, 0.25) is 10.0 Å². The second kappa shape index (κ2) is 13.6. The molecule has 0 saturated carbocycles. The van der Waals surface area contributed by atoms with Crippen molar-refractivity contribution in [2.45, 2.75) is 71.9 Å². The molecule has 0 fully saturated rings. The molecular weight excluding hydrogens is 382 g/mol. The van der Waals surface area contributed by atoms with E-state index in [1.807, 2.05) is 27.7 Å². The minimum Gasteiger partial charge on any atom is -0.444 e. The number of carbonyl (C=O) groups excluding carboxylic acids is 1. The van der Waals surface area contributed by atoms with E-state index in [-0.39, 0.29) is 6.04 Å². The number of unbranched alkanes of at least 4 members (excludes halogenated alkanes) is 1. The molecule has 0 spiro atoms. The molecule has 0 aliphatic heterocycles. The zero-order valence-electron chi connectivity index (χ0n) is 18.2. The van der Waals surface area contributed by atoms with Crippen molar-refractivity contribution < 1.29 is 17.9 Å². The van der Waals surface area contributed by atoms with Crippen LogP contribution in [0.1, 0.15) is 60.3 Å². The lowest BCUT2D eigenvalue weighted by molar-refractivity contribution is 0.0522. The Balaban J connectivity index is 4.68. The standard InChI is InChI=1S/C18H39N5O4S/c1-7-9-11-15(14-21-17(24)27-18(3,4)5)23-16(19-8-2)20-12-10-13-22-28(6,25)26/h15,22H,7-14H2,1-6H3,(H,21,24)(H2,19,20,23). The van der Waals surface area contributed by atoms with Crippen LogP contribution in [0.3, 0.4) is 0 Å². The highest BCUT2D eigenvalue weighted by Gasteiger charge is 2.18. The zero-order chi connectivity index (χ0) is 21.6. The number of aliphatic imine (C=N–C) groups is 1. The highest BCUT2D eigenvalue weighted by Crippen LogP contribution is 2.07. The first-order valence-corrected chi connectivity index (χ1v) is 11.8. The van der Waals surface area contributed by atoms with E-state index >= 15 is 0 Å². The Kier molecular flexibility index (Phi) is 12.8. The molecule has 0 radical (unpaired) electrons. The summed E-state index contributed by atoms with van der Waals surface area (Å²) in [5.41, 5.74) is -0.535. The van der Waals surface area contributed by atoms with Crippen LogP contribution in [0, 0.1) is 0 Å². The van der Waals surface area contributed by atoms with Crippen LogP contribution < -0.4 is 20.7 Å². The van der Waals surface area contributed by atoms with Gasteiger partial charge in [-0.15, -0.1) is 0 Å². The number of ether oxygens (including phenoxy) is 1. The summed E-state index contributed by atoms with van der Waals surface area (Å²) in [4.78, 5) is 16.4. The van der Waals surface area contributed by atoms with Crippen LogP contribution in [0.2, 0.25) is 0 Å². The van der Waals surface area contributed by atoms with Gasteiger partial charge in [0.05, 0.1) is 6.26 Å². The second-order valence-corrected chi connectivity index (χ2v) is 9.48. The second-order valence-electron chi connectivity index (χ2n) is 7.65. The summed E-state index contributed by atoms with van der Waals surface area (Å²) >= 11 is 0. The van der Waals surface area contributed by atoms with Gasteiger partial charge in [-0.05, 0) is 40.5 Å². The molecule has 0 aromatic carbocycles. The van der Waals surface area contributed by atoms with Gasteiger partial charge < -0.3 is 20.7 Å². The first-order chi connectivity index (χ1) is 13.0. The fraction of sp³-hybridized carbons (Fsp3) is 0.889. The SMILES string of the molecule is CCCCC(CNC(=O)OC(C)(C)C)NC(=NCCCNS(C)(=O)=O)NCC. The van der Waals surface area contributed by atoms with Crippen molar-refractivity contribution in [3.63, 3.8) is 0 Å². The Labute approximate surface area is 170 Å². The number of nitrogens with one attached hydrogen (secondary N) is 4. The number of sulfonamides is 1. The number of amides is 1. The maximum absolute atomic E-state index is 11.9. The molecule has 166 valence electrons. The number of rotatable bonds is 12. The van der Waals surface area contributed by atoms with Crippen LogP contribution in [0.4, 0.5) is 4.79 Å². The number of carbonyl (C=O) groups is 1. The summed E-state index contributed by atoms with van der Waals surface area (Å²) < 4.78 is 29.9. The third-order valence-electron chi connectivity index (χ3n) is 3.45. The summed E-state index contributed by atoms with van der Waals surface area (Å²) in [6, 6.07) is 0.0133. The highest BCUT2D eigenvalue weighted by molar-refractivity contribution is 7.88. The maximum atomic E-state index is 11.9. The Morgan fingerprint density at radius 2 is 1.82 bits per heavy atom. The van der Waals surface area contributed by atoms with Gasteiger partial charge >= 0.3 is 6.09 Å². The maximum Gasteiger partial charge on any atom is 0.407 e. The molecule has 0 bridgehead atoms. The van der Waals surface area contributed by atoms with E-state index in [2.05, 4.69) is 32.6 Å². The molecule has 0 aromatic rings. The predicted molar refractivity (Wildman–Crippen MR) is 114 cm³/mol. The van der Waals surface area contributed by atoms with Crippen molar-refractivity contribution in [1.82, 2.24) is 20.7 Å². The van der Waals surface area contributed by atoms with E-state index in [0.29, 0.717) is 38.6 Å². The molecule has 0 saturated heterocycles. The molecule has 28 heavy (non-hydrogen) atoms. The third-order valence-corrected chi connectivity index (χ3v) is 4.18. The van der Waals surface area contributed by atoms with Crippen LogP contribution in [0.5, 0.6) is 0 Å². The molecule has 4 N–H and O–H groups in total. The van der Waals surface area contributed by atoms with Crippen molar-refractivity contribution in [2.75, 3.05) is 32.4 Å². The van der Waals surface area contributed by atoms with Gasteiger partial charge in [0.15, 0.2) is 5.96 Å². The van der Waals surface area contributed by atoms with Crippen LogP contribution in [-0.4, -0.2) is 64.5 Å². The third kappa shape index (κ3) is 16.6. The first kappa shape index (κ1) is 26.4. The van der Waals surface area contributed by atoms with Crippen LogP contribution >= 0.6 is 0 Å². The van der Waals surface area contributed by atoms with Gasteiger partial charge in [0.1, 0.15) is 5.60 Å². The largest absolute Gasteiger partial charge is 0.444 e. The van der Waals surface area contributed by atoms with Gasteiger partial charge in [-0.2, -0.15) is 0 Å². The first-order valence-electron chi connectivity index (χ1n) is 9.93. The van der Waals surface area contributed by atoms with E-state index in [9.17, 15) is 13.2 Å². The van der Waals surface area contributed by atoms with E-state index < -0.39 is 21.7 Å². The van der Waals surface area contributed by atoms with Crippen molar-refractivity contribution in [3.05, 3.63) is 0 Å². The number of hydrogen-bond donors (Lipinski definition) is 4. The van der Waals surface area contributed by atoms with E-state index in [1.54, 1.807) is 0 Å². The monoisotopic (exact) mass is 421 g/mol. The summed E-state index contributed by atoms with van der Waals surface area (Å²) in [5.74, 6) is 0.647. The van der Waals surface area contributed by atoms with Gasteiger partial charge in [0, 0.05) is 32.2 Å². The average molecular weight is 422 g/mol. The summed E-state index contributed by atoms with van der Waals surface area (Å²) in [6.45, 7) is 11.5. The normalized spacial score (nSPS) is 13.7. The Hall–Kier alpha value is -1.55. The van der Waals surface area contributed by atoms with E-state index in [4.69, 9.17) is 4.74 Å². The van der Waals surface area contributed by atoms with Crippen molar-refractivity contribution >= 4 is 22.1 Å². The molecule has 1 atom stereocenters. The molecule has 0 heterocycles. The summed E-state index contributed by atoms with van der Waals surface area (Å²) in [6.07, 6.45) is 4.24. The van der Waals surface area contributed by atoms with Crippen molar-refractivity contribution in [2.24, 2.45) is 4.99 Å². The molecule has 1 unspecified atom stereocenters. The zero-order valence-corrected chi connectivity index (χ0v) is 19.0. The Morgan fingerprint density at radius 3 is 2.36 bits per heavy atom. The van der Waals surface area contributed by atoms with Crippen molar-refractivity contribution in [3.8, 4) is 0 Å². The lowest BCUT2D eigenvalue weighted by Gasteiger charge is -2.24. The summed E-state index contributed by atoms with van der Waals surface area (Å²) in [7, 11) is -3.17. The number of guanidine groups is 1. The van der Waals surface area contributed by atoms with Gasteiger partial charge in [-0.1, -0.05) is 19.8 Å². The quantitative estimate of drug-likeness (QED) is 0.216. The molecule has 0 rings (SSSR count). The lowest BCUT2D eigenvalue weighted by Crippen LogP contribution is -2.49. The van der Waals surface area contributed by atoms with Gasteiger partial charge in [0.25, 0.3) is 0 Å². The smallest absolute Gasteiger partial charge is 0.407 e. The van der Waals surface area contributed by atoms with Crippen LogP contribution in [-0.2, 0) is 14.8 Å². The minimum absolute atomic E-state index is 0.0133. The fourth-order valence-corrected chi connectivity index (χ4v) is 2.75. The number of alkyl carbamates (subject to hydrolysis) is 1. The van der Waals surface area contributed by atoms with Crippen molar-refractivity contribution in [1.29, 1.82) is 0 Å². The summed E-state index contributed by atoms with van der Waals surface area (Å²) in [5, 5.41) is 9.33. The highest BCUT2D eigenvalue weighted by atomic mass is 32.2. The van der Waals surface area contributed by atoms with Crippen LogP contribution in [0.15, 0.2) is 4.99 Å². The molecule has 10 heteroatoms. The number of hydrogen-bond acceptors (Lipinski definition) is 5. The molecule has 0 aromatic heterocycles. The van der Waals surface area contributed by atoms with Gasteiger partial charge in [-0.25, -0.2) is 17.9 Å². The van der Waals surface area contributed by atoms with Crippen LogP contribution in [0.25, 0.3) is 0 Å². The molecule has 1 amide bonds. The Bertz CT molecular complexity index is 573. The van der Waals surface area contributed by atoms with E-state index in [1.165, 1.54) is 0 Å². The van der Waals surface area contributed by atoms with E-state index in [0.717, 1.165) is 25.5 Å². The molecular formula is C18H39N5O4S. The minimum atomic E-state index is -3.17. The molecule has 0 aliphatic rings. The topological polar surface area (TPSA) is 121 Å². The van der Waals surface area contributed by atoms with Gasteiger partial charge in [-0.3, -0.25) is 4.99 Å². The fourth-order valence-electron chi connectivity index (χ4n) is 2.24. The predicted octanol–water partition coefficient (Wildman–Crippen LogP) is 1.56. The number of nitrogens with zero attached hydrogens (tertiary/aromatic N) is 1. The lowest BCUT2D eigenvalue weighted by atomic mass is 10.1. The molecule has 9 nitrogen and oxygen atoms in total.